The Balaban J connectivity index is 1.49. The Labute approximate surface area is 197 Å². The van der Waals surface area contributed by atoms with Gasteiger partial charge in [-0.15, -0.1) is 0 Å². The molecule has 0 bridgehead atoms. The van der Waals surface area contributed by atoms with Gasteiger partial charge in [-0.25, -0.2) is 4.98 Å². The van der Waals surface area contributed by atoms with Crippen molar-refractivity contribution in [2.75, 3.05) is 11.6 Å². The number of carbonyl (C=O) groups is 1. The van der Waals surface area contributed by atoms with Crippen LogP contribution < -0.4 is 14.5 Å². The number of ether oxygens (including phenoxy) is 2. The molecule has 0 fully saturated rings. The van der Waals surface area contributed by atoms with E-state index in [1.165, 1.54) is 16.3 Å². The predicted molar refractivity (Wildman–Crippen MR) is 130 cm³/mol. The molecule has 32 heavy (non-hydrogen) atoms. The highest BCUT2D eigenvalue weighted by molar-refractivity contribution is 9.10. The number of para-hydroxylation sites is 2. The van der Waals surface area contributed by atoms with Crippen LogP contribution in [0.5, 0.6) is 11.5 Å². The quantitative estimate of drug-likeness (QED) is 0.267. The van der Waals surface area contributed by atoms with Gasteiger partial charge in [-0.05, 0) is 42.8 Å². The first-order valence-corrected chi connectivity index (χ1v) is 11.6. The van der Waals surface area contributed by atoms with Crippen LogP contribution in [0.1, 0.15) is 11.1 Å². The number of benzene rings is 3. The van der Waals surface area contributed by atoms with Gasteiger partial charge in [-0.2, -0.15) is 10.1 Å². The number of nitrogens with zero attached hydrogens (tertiary/aromatic N) is 3. The molecule has 1 aliphatic heterocycles. The lowest BCUT2D eigenvalue weighted by Gasteiger charge is -2.27. The number of aromatic nitrogens is 1. The first kappa shape index (κ1) is 20.7. The van der Waals surface area contributed by atoms with Crippen molar-refractivity contribution in [3.63, 3.8) is 0 Å². The first-order chi connectivity index (χ1) is 15.6. The molecule has 0 N–H and O–H groups in total. The molecule has 0 saturated carbocycles. The number of anilines is 1. The Bertz CT molecular complexity index is 1320. The monoisotopic (exact) mass is 507 g/mol. The van der Waals surface area contributed by atoms with Crippen molar-refractivity contribution in [2.24, 2.45) is 5.10 Å². The number of fused-ring (bicyclic) bond motifs is 2. The van der Waals surface area contributed by atoms with Gasteiger partial charge in [0.1, 0.15) is 6.61 Å². The molecule has 160 valence electrons. The van der Waals surface area contributed by atoms with E-state index in [0.717, 1.165) is 25.8 Å². The number of rotatable bonds is 4. The molecule has 0 radical (unpaired) electrons. The Kier molecular flexibility index (Phi) is 5.63. The number of thiazole rings is 1. The minimum atomic E-state index is -0.834. The predicted octanol–water partition coefficient (Wildman–Crippen LogP) is 5.57. The summed E-state index contributed by atoms with van der Waals surface area (Å²) in [7, 11) is 0. The molecule has 0 spiro atoms. The summed E-state index contributed by atoms with van der Waals surface area (Å²) >= 11 is 4.87. The summed E-state index contributed by atoms with van der Waals surface area (Å²) in [6, 6.07) is 21.0. The van der Waals surface area contributed by atoms with Crippen molar-refractivity contribution >= 4 is 54.7 Å². The standard InChI is InChI=1S/C24H18BrN3O3S/c1-15-6-8-16(9-7-15)13-26-28(24-27-18-11-10-17(25)12-22(18)32-24)23(29)21-14-30-19-4-2-3-5-20(19)31-21/h2-13,21H,14H2,1H3/b26-13+. The fourth-order valence-electron chi connectivity index (χ4n) is 3.23. The summed E-state index contributed by atoms with van der Waals surface area (Å²) in [6.07, 6.45) is 0.815. The molecular formula is C24H18BrN3O3S. The molecule has 4 aromatic rings. The summed E-state index contributed by atoms with van der Waals surface area (Å²) < 4.78 is 13.6. The van der Waals surface area contributed by atoms with Gasteiger partial charge in [0.05, 0.1) is 16.4 Å². The summed E-state index contributed by atoms with van der Waals surface area (Å²) in [5.74, 6) is 0.810. The third-order valence-electron chi connectivity index (χ3n) is 4.91. The molecule has 0 aliphatic carbocycles. The Hall–Kier alpha value is -3.23. The Morgan fingerprint density at radius 1 is 1.16 bits per heavy atom. The van der Waals surface area contributed by atoms with E-state index in [2.05, 4.69) is 26.0 Å². The summed E-state index contributed by atoms with van der Waals surface area (Å²) in [5, 5.41) is 6.27. The topological polar surface area (TPSA) is 64.0 Å². The average Bonchev–Trinajstić information content (AvgIpc) is 3.22. The largest absolute Gasteiger partial charge is 0.485 e. The van der Waals surface area contributed by atoms with E-state index in [4.69, 9.17) is 9.47 Å². The van der Waals surface area contributed by atoms with Crippen LogP contribution in [0.25, 0.3) is 10.2 Å². The minimum Gasteiger partial charge on any atom is -0.485 e. The van der Waals surface area contributed by atoms with Crippen molar-refractivity contribution in [3.8, 4) is 11.5 Å². The van der Waals surface area contributed by atoms with E-state index in [-0.39, 0.29) is 12.5 Å². The van der Waals surface area contributed by atoms with E-state index in [0.29, 0.717) is 16.6 Å². The van der Waals surface area contributed by atoms with Gasteiger partial charge in [-0.1, -0.05) is 69.2 Å². The molecule has 1 atom stereocenters. The van der Waals surface area contributed by atoms with Crippen LogP contribution in [0.3, 0.4) is 0 Å². The zero-order chi connectivity index (χ0) is 22.1. The van der Waals surface area contributed by atoms with Gasteiger partial charge in [0.25, 0.3) is 5.91 Å². The van der Waals surface area contributed by atoms with Gasteiger partial charge in [0.2, 0.25) is 11.2 Å². The molecule has 0 saturated heterocycles. The smallest absolute Gasteiger partial charge is 0.294 e. The van der Waals surface area contributed by atoms with Gasteiger partial charge in [-0.3, -0.25) is 4.79 Å². The lowest BCUT2D eigenvalue weighted by Crippen LogP contribution is -2.44. The highest BCUT2D eigenvalue weighted by Crippen LogP contribution is 2.34. The van der Waals surface area contributed by atoms with Crippen molar-refractivity contribution in [2.45, 2.75) is 13.0 Å². The Morgan fingerprint density at radius 2 is 1.94 bits per heavy atom. The molecule has 3 aromatic carbocycles. The lowest BCUT2D eigenvalue weighted by molar-refractivity contribution is -0.127. The third-order valence-corrected chi connectivity index (χ3v) is 6.40. The zero-order valence-electron chi connectivity index (χ0n) is 17.1. The van der Waals surface area contributed by atoms with Gasteiger partial charge >= 0.3 is 0 Å². The van der Waals surface area contributed by atoms with Gasteiger partial charge < -0.3 is 9.47 Å². The summed E-state index contributed by atoms with van der Waals surface area (Å²) in [4.78, 5) is 18.1. The second kappa shape index (κ2) is 8.72. The average molecular weight is 508 g/mol. The van der Waals surface area contributed by atoms with Gasteiger partial charge in [0.15, 0.2) is 11.5 Å². The molecule has 6 nitrogen and oxygen atoms in total. The number of carbonyl (C=O) groups excluding carboxylic acids is 1. The summed E-state index contributed by atoms with van der Waals surface area (Å²) in [5.41, 5.74) is 2.82. The second-order valence-electron chi connectivity index (χ2n) is 7.28. The maximum Gasteiger partial charge on any atom is 0.294 e. The van der Waals surface area contributed by atoms with Crippen molar-refractivity contribution in [1.29, 1.82) is 0 Å². The van der Waals surface area contributed by atoms with E-state index in [9.17, 15) is 4.79 Å². The van der Waals surface area contributed by atoms with Crippen LogP contribution in [0.2, 0.25) is 0 Å². The number of hydrogen-bond acceptors (Lipinski definition) is 6. The molecule has 1 aromatic heterocycles. The number of halogens is 1. The van der Waals surface area contributed by atoms with Crippen LogP contribution >= 0.6 is 27.3 Å². The molecule has 2 heterocycles. The highest BCUT2D eigenvalue weighted by atomic mass is 79.9. The molecule has 1 unspecified atom stereocenters. The summed E-state index contributed by atoms with van der Waals surface area (Å²) in [6.45, 7) is 2.12. The normalized spacial score (nSPS) is 15.2. The highest BCUT2D eigenvalue weighted by Gasteiger charge is 2.33. The van der Waals surface area contributed by atoms with Crippen molar-refractivity contribution < 1.29 is 14.3 Å². The number of amides is 1. The molecule has 8 heteroatoms. The number of hydrogen-bond donors (Lipinski definition) is 0. The SMILES string of the molecule is Cc1ccc(/C=N/N(C(=O)C2COc3ccccc3O2)c2nc3ccc(Br)cc3s2)cc1. The van der Waals surface area contributed by atoms with E-state index in [1.54, 1.807) is 12.3 Å². The minimum absolute atomic E-state index is 0.100. The first-order valence-electron chi connectivity index (χ1n) is 9.96. The van der Waals surface area contributed by atoms with Crippen molar-refractivity contribution in [3.05, 3.63) is 82.3 Å². The third kappa shape index (κ3) is 4.24. The number of hydrazone groups is 1. The van der Waals surface area contributed by atoms with Crippen LogP contribution in [0.4, 0.5) is 5.13 Å². The fraction of sp³-hybridized carbons (Fsp3) is 0.125. The second-order valence-corrected chi connectivity index (χ2v) is 9.20. The van der Waals surface area contributed by atoms with E-state index < -0.39 is 6.10 Å². The van der Waals surface area contributed by atoms with Crippen molar-refractivity contribution in [1.82, 2.24) is 4.98 Å². The number of aryl methyl sites for hydroxylation is 1. The maximum atomic E-state index is 13.5. The maximum absolute atomic E-state index is 13.5. The van der Waals surface area contributed by atoms with Crippen LogP contribution in [-0.2, 0) is 4.79 Å². The molecule has 5 rings (SSSR count). The molecule has 1 aliphatic rings. The van der Waals surface area contributed by atoms with Crippen LogP contribution in [0.15, 0.2) is 76.3 Å². The lowest BCUT2D eigenvalue weighted by atomic mass is 10.2. The van der Waals surface area contributed by atoms with Crippen LogP contribution in [0, 0.1) is 6.92 Å². The zero-order valence-corrected chi connectivity index (χ0v) is 19.5. The molecule has 1 amide bonds. The van der Waals surface area contributed by atoms with E-state index >= 15 is 0 Å². The van der Waals surface area contributed by atoms with E-state index in [1.807, 2.05) is 67.6 Å². The van der Waals surface area contributed by atoms with Gasteiger partial charge in [0, 0.05) is 4.47 Å². The van der Waals surface area contributed by atoms with Crippen LogP contribution in [-0.4, -0.2) is 29.8 Å². The fourth-order valence-corrected chi connectivity index (χ4v) is 4.71. The molecular weight excluding hydrogens is 490 g/mol. The Morgan fingerprint density at radius 3 is 2.75 bits per heavy atom.